The van der Waals surface area contributed by atoms with Crippen LogP contribution in [0, 0.1) is 0 Å². The van der Waals surface area contributed by atoms with E-state index < -0.39 is 17.7 Å². The van der Waals surface area contributed by atoms with Crippen molar-refractivity contribution < 1.29 is 28.8 Å². The summed E-state index contributed by atoms with van der Waals surface area (Å²) in [6, 6.07) is 12.4. The number of nitrogens with zero attached hydrogens (tertiary/aromatic N) is 6. The summed E-state index contributed by atoms with van der Waals surface area (Å²) in [5.41, 5.74) is 0.388. The zero-order valence-corrected chi connectivity index (χ0v) is 23.5. The van der Waals surface area contributed by atoms with Gasteiger partial charge in [0.05, 0.1) is 25.2 Å². The molecule has 220 valence electrons. The standard InChI is InChI=1S/C31H30N6O6/c38-19-32-17-5-1-3-7-29(34-21-40)25-9-13-27(14-10-25)31(36-23-42,37-24-43)28-15-11-26(12-16-28)30(35-22-41)8-4-2-6-18-33-20-39/h9-16,29-30H,1-8,17-18H2. The van der Waals surface area contributed by atoms with Crippen LogP contribution in [0.15, 0.2) is 78.5 Å². The first-order valence-electron chi connectivity index (χ1n) is 13.7. The quantitative estimate of drug-likeness (QED) is 0.119. The van der Waals surface area contributed by atoms with Crippen molar-refractivity contribution in [3.8, 4) is 0 Å². The van der Waals surface area contributed by atoms with Crippen molar-refractivity contribution in [2.75, 3.05) is 13.1 Å². The SMILES string of the molecule is O=C=NCCCCCC(N=C=O)c1ccc(C(N=C=O)(N=C=O)c2ccc(C(CCCCCN=C=O)N=C=O)cc2)cc1. The molecule has 2 rings (SSSR count). The Balaban J connectivity index is 2.32. The van der Waals surface area contributed by atoms with Crippen molar-refractivity contribution in [1.29, 1.82) is 0 Å². The molecule has 0 bridgehead atoms. The van der Waals surface area contributed by atoms with E-state index in [1.54, 1.807) is 60.7 Å². The zero-order valence-electron chi connectivity index (χ0n) is 23.5. The predicted molar refractivity (Wildman–Crippen MR) is 155 cm³/mol. The summed E-state index contributed by atoms with van der Waals surface area (Å²) in [6.45, 7) is 0.781. The summed E-state index contributed by atoms with van der Waals surface area (Å²) >= 11 is 0. The van der Waals surface area contributed by atoms with Crippen LogP contribution in [0.2, 0.25) is 0 Å². The Hall–Kier alpha value is -5.28. The highest BCUT2D eigenvalue weighted by Gasteiger charge is 2.35. The van der Waals surface area contributed by atoms with E-state index in [0.29, 0.717) is 61.0 Å². The molecule has 0 aliphatic rings. The molecule has 0 heterocycles. The van der Waals surface area contributed by atoms with E-state index in [1.807, 2.05) is 0 Å². The minimum absolute atomic E-state index is 0.372. The Morgan fingerprint density at radius 1 is 0.488 bits per heavy atom. The molecule has 0 spiro atoms. The Kier molecular flexibility index (Phi) is 15.6. The lowest BCUT2D eigenvalue weighted by atomic mass is 9.89. The van der Waals surface area contributed by atoms with Crippen LogP contribution in [-0.2, 0) is 34.4 Å². The van der Waals surface area contributed by atoms with Gasteiger partial charge < -0.3 is 0 Å². The second-order valence-electron chi connectivity index (χ2n) is 9.44. The Bertz CT molecular complexity index is 1360. The average Bonchev–Trinajstić information content (AvgIpc) is 3.03. The molecular formula is C31H30N6O6. The van der Waals surface area contributed by atoms with Gasteiger partial charge in [0, 0.05) is 11.1 Å². The number of aliphatic imine (C=N–C) groups is 6. The first-order valence-corrected chi connectivity index (χ1v) is 13.7. The van der Waals surface area contributed by atoms with Crippen molar-refractivity contribution in [2.24, 2.45) is 30.0 Å². The summed E-state index contributed by atoms with van der Waals surface area (Å²) < 4.78 is 0. The Labute approximate surface area is 248 Å². The van der Waals surface area contributed by atoms with Crippen molar-refractivity contribution >= 4 is 36.5 Å². The molecule has 0 aromatic heterocycles. The number of hydrogen-bond acceptors (Lipinski definition) is 12. The lowest BCUT2D eigenvalue weighted by molar-refractivity contribution is 0.515. The van der Waals surface area contributed by atoms with Crippen LogP contribution >= 0.6 is 0 Å². The number of rotatable bonds is 20. The maximum atomic E-state index is 11.5. The minimum atomic E-state index is -1.77. The first-order chi connectivity index (χ1) is 21.1. The summed E-state index contributed by atoms with van der Waals surface area (Å²) in [5.74, 6) is 0. The van der Waals surface area contributed by atoms with Crippen LogP contribution < -0.4 is 0 Å². The molecule has 0 fully saturated rings. The largest absolute Gasteiger partial charge is 0.238 e. The van der Waals surface area contributed by atoms with Gasteiger partial charge in [0.2, 0.25) is 42.1 Å². The van der Waals surface area contributed by atoms with Crippen molar-refractivity contribution in [2.45, 2.75) is 69.1 Å². The lowest BCUT2D eigenvalue weighted by Gasteiger charge is -2.24. The summed E-state index contributed by atoms with van der Waals surface area (Å²) in [4.78, 5) is 88.2. The van der Waals surface area contributed by atoms with Gasteiger partial charge in [-0.1, -0.05) is 74.2 Å². The topological polar surface area (TPSA) is 177 Å². The van der Waals surface area contributed by atoms with E-state index in [2.05, 4.69) is 30.0 Å². The van der Waals surface area contributed by atoms with Gasteiger partial charge in [-0.3, -0.25) is 0 Å². The van der Waals surface area contributed by atoms with Crippen molar-refractivity contribution in [1.82, 2.24) is 0 Å². The first kappa shape index (κ1) is 33.9. The van der Waals surface area contributed by atoms with Gasteiger partial charge in [-0.05, 0) is 36.8 Å². The maximum absolute atomic E-state index is 11.5. The molecule has 12 nitrogen and oxygen atoms in total. The predicted octanol–water partition coefficient (Wildman–Crippen LogP) is 5.11. The molecule has 2 atom stereocenters. The maximum Gasteiger partial charge on any atom is 0.238 e. The van der Waals surface area contributed by atoms with Gasteiger partial charge in [0.25, 0.3) is 0 Å². The number of hydrogen-bond donors (Lipinski definition) is 0. The van der Waals surface area contributed by atoms with Crippen molar-refractivity contribution in [3.05, 3.63) is 70.8 Å². The Morgan fingerprint density at radius 3 is 1.21 bits per heavy atom. The fourth-order valence-corrected chi connectivity index (χ4v) is 4.70. The third-order valence-corrected chi connectivity index (χ3v) is 6.85. The highest BCUT2D eigenvalue weighted by atomic mass is 16.1. The third-order valence-electron chi connectivity index (χ3n) is 6.85. The molecule has 0 radical (unpaired) electrons. The highest BCUT2D eigenvalue weighted by Crippen LogP contribution is 2.37. The van der Waals surface area contributed by atoms with Gasteiger partial charge in [0.1, 0.15) is 0 Å². The summed E-state index contributed by atoms with van der Waals surface area (Å²) in [5, 5.41) is 0. The van der Waals surface area contributed by atoms with Gasteiger partial charge in [-0.15, -0.1) is 0 Å². The Morgan fingerprint density at radius 2 is 0.884 bits per heavy atom. The van der Waals surface area contributed by atoms with Crippen LogP contribution in [0.4, 0.5) is 0 Å². The van der Waals surface area contributed by atoms with Crippen LogP contribution in [0.1, 0.15) is 85.7 Å². The number of carbonyl (C=O) groups excluding carboxylic acids is 6. The molecule has 0 saturated heterocycles. The second-order valence-corrected chi connectivity index (χ2v) is 9.44. The van der Waals surface area contributed by atoms with E-state index in [1.165, 1.54) is 24.3 Å². The number of unbranched alkanes of at least 4 members (excludes halogenated alkanes) is 4. The second kappa shape index (κ2) is 19.7. The van der Waals surface area contributed by atoms with Gasteiger partial charge >= 0.3 is 0 Å². The van der Waals surface area contributed by atoms with Crippen molar-refractivity contribution in [3.63, 3.8) is 0 Å². The molecule has 2 unspecified atom stereocenters. The summed E-state index contributed by atoms with van der Waals surface area (Å²) in [7, 11) is 0. The highest BCUT2D eigenvalue weighted by molar-refractivity contribution is 5.50. The normalized spacial score (nSPS) is 12.7. The molecule has 43 heavy (non-hydrogen) atoms. The molecule has 0 aliphatic carbocycles. The lowest BCUT2D eigenvalue weighted by Crippen LogP contribution is -2.23. The van der Waals surface area contributed by atoms with Crippen LogP contribution in [0.5, 0.6) is 0 Å². The van der Waals surface area contributed by atoms with Gasteiger partial charge in [-0.2, -0.15) is 20.0 Å². The molecule has 0 N–H and O–H groups in total. The van der Waals surface area contributed by atoms with Gasteiger partial charge in [-0.25, -0.2) is 38.8 Å². The molecule has 2 aromatic carbocycles. The molecule has 12 heteroatoms. The fourth-order valence-electron chi connectivity index (χ4n) is 4.70. The van der Waals surface area contributed by atoms with E-state index >= 15 is 0 Å². The van der Waals surface area contributed by atoms with Gasteiger partial charge in [0.15, 0.2) is 0 Å². The molecule has 2 aromatic rings. The third kappa shape index (κ3) is 10.6. The summed E-state index contributed by atoms with van der Waals surface area (Å²) in [6.07, 6.45) is 14.8. The van der Waals surface area contributed by atoms with Crippen LogP contribution in [0.3, 0.4) is 0 Å². The fraction of sp³-hybridized carbons (Fsp3) is 0.419. The van der Waals surface area contributed by atoms with E-state index in [-0.39, 0.29) is 0 Å². The van der Waals surface area contributed by atoms with E-state index in [9.17, 15) is 28.8 Å². The molecule has 0 aliphatic heterocycles. The monoisotopic (exact) mass is 582 g/mol. The average molecular weight is 583 g/mol. The van der Waals surface area contributed by atoms with E-state index in [0.717, 1.165) is 25.7 Å². The minimum Gasteiger partial charge on any atom is -0.211 e. The van der Waals surface area contributed by atoms with Crippen LogP contribution in [-0.4, -0.2) is 49.6 Å². The zero-order chi connectivity index (χ0) is 31.2. The van der Waals surface area contributed by atoms with Crippen LogP contribution in [0.25, 0.3) is 0 Å². The number of benzene rings is 2. The van der Waals surface area contributed by atoms with E-state index in [4.69, 9.17) is 0 Å². The number of isocyanates is 6. The molecule has 0 amide bonds. The smallest absolute Gasteiger partial charge is 0.211 e. The molecular weight excluding hydrogens is 552 g/mol. The molecule has 0 saturated carbocycles.